The molecule has 0 radical (unpaired) electrons. The SMILES string of the molecule is Cc1cn(-c2cccc3[nH]c(-c4n[nH]c5ccc(-c6cncc(CN(C)C)c6)nc45)cc23)cn1. The summed E-state index contributed by atoms with van der Waals surface area (Å²) in [5.41, 5.74) is 9.50. The van der Waals surface area contributed by atoms with E-state index in [-0.39, 0.29) is 0 Å². The fourth-order valence-electron chi connectivity index (χ4n) is 4.37. The highest BCUT2D eigenvalue weighted by molar-refractivity contribution is 5.97. The van der Waals surface area contributed by atoms with Crippen LogP contribution in [0.15, 0.2) is 67.4 Å². The van der Waals surface area contributed by atoms with Gasteiger partial charge < -0.3 is 14.5 Å². The van der Waals surface area contributed by atoms with Crippen LogP contribution in [0.3, 0.4) is 0 Å². The predicted octanol–water partition coefficient (Wildman–Crippen LogP) is 4.72. The first-order valence-corrected chi connectivity index (χ1v) is 11.1. The summed E-state index contributed by atoms with van der Waals surface area (Å²) < 4.78 is 2.04. The number of aryl methyl sites for hydroxylation is 1. The second-order valence-electron chi connectivity index (χ2n) is 8.83. The number of nitrogens with zero attached hydrogens (tertiary/aromatic N) is 6. The molecule has 168 valence electrons. The number of aromatic nitrogens is 7. The van der Waals surface area contributed by atoms with Crippen molar-refractivity contribution in [1.29, 1.82) is 0 Å². The number of benzene rings is 1. The normalized spacial score (nSPS) is 11.8. The van der Waals surface area contributed by atoms with E-state index >= 15 is 0 Å². The largest absolute Gasteiger partial charge is 0.353 e. The number of aromatic amines is 2. The zero-order chi connectivity index (χ0) is 23.2. The lowest BCUT2D eigenvalue weighted by atomic mass is 10.1. The summed E-state index contributed by atoms with van der Waals surface area (Å²) in [7, 11) is 4.10. The standard InChI is InChI=1S/C26H24N8/c1-16-13-34(15-28-16)24-6-4-5-21-19(24)10-23(29-21)26-25-22(31-32-26)8-7-20(30-25)18-9-17(11-27-12-18)14-33(2)3/h4-13,15,29H,14H2,1-3H3,(H,31,32). The molecule has 6 rings (SSSR count). The first kappa shape index (κ1) is 20.3. The number of rotatable bonds is 5. The molecule has 0 spiro atoms. The third kappa shape index (κ3) is 3.54. The van der Waals surface area contributed by atoms with Crippen LogP contribution in [0, 0.1) is 6.92 Å². The van der Waals surface area contributed by atoms with E-state index in [1.807, 2.05) is 54.6 Å². The molecule has 0 saturated heterocycles. The van der Waals surface area contributed by atoms with Crippen LogP contribution in [-0.2, 0) is 6.54 Å². The van der Waals surface area contributed by atoms with Gasteiger partial charge in [0.05, 0.1) is 34.6 Å². The van der Waals surface area contributed by atoms with Crippen LogP contribution in [0.1, 0.15) is 11.3 Å². The molecule has 5 aromatic heterocycles. The maximum absolute atomic E-state index is 4.97. The molecule has 0 amide bonds. The van der Waals surface area contributed by atoms with Crippen molar-refractivity contribution in [2.45, 2.75) is 13.5 Å². The fraction of sp³-hybridized carbons (Fsp3) is 0.154. The van der Waals surface area contributed by atoms with Crippen molar-refractivity contribution in [1.82, 2.24) is 39.6 Å². The van der Waals surface area contributed by atoms with Gasteiger partial charge in [-0.05, 0) is 63.0 Å². The van der Waals surface area contributed by atoms with Gasteiger partial charge in [0.1, 0.15) is 11.2 Å². The quantitative estimate of drug-likeness (QED) is 0.398. The summed E-state index contributed by atoms with van der Waals surface area (Å²) in [6, 6.07) is 14.5. The smallest absolute Gasteiger partial charge is 0.135 e. The monoisotopic (exact) mass is 448 g/mol. The van der Waals surface area contributed by atoms with Crippen LogP contribution in [-0.4, -0.2) is 53.7 Å². The number of pyridine rings is 2. The Balaban J connectivity index is 1.45. The number of H-pyrrole nitrogens is 2. The van der Waals surface area contributed by atoms with Crippen molar-refractivity contribution < 1.29 is 0 Å². The molecular weight excluding hydrogens is 424 g/mol. The van der Waals surface area contributed by atoms with E-state index in [0.29, 0.717) is 0 Å². The van der Waals surface area contributed by atoms with Gasteiger partial charge in [0.15, 0.2) is 0 Å². The summed E-state index contributed by atoms with van der Waals surface area (Å²) in [4.78, 5) is 19.4. The van der Waals surface area contributed by atoms with Gasteiger partial charge >= 0.3 is 0 Å². The van der Waals surface area contributed by atoms with E-state index in [4.69, 9.17) is 4.98 Å². The van der Waals surface area contributed by atoms with Crippen molar-refractivity contribution >= 4 is 21.9 Å². The maximum atomic E-state index is 4.97. The van der Waals surface area contributed by atoms with Gasteiger partial charge in [-0.3, -0.25) is 10.1 Å². The van der Waals surface area contributed by atoms with Gasteiger partial charge in [-0.1, -0.05) is 6.07 Å². The Labute approximate surface area is 196 Å². The molecule has 0 fully saturated rings. The Morgan fingerprint density at radius 2 is 1.94 bits per heavy atom. The molecule has 0 unspecified atom stereocenters. The average molecular weight is 449 g/mol. The summed E-state index contributed by atoms with van der Waals surface area (Å²) in [5, 5.41) is 8.83. The minimum atomic E-state index is 0.790. The molecule has 5 heterocycles. The molecular formula is C26H24N8. The number of imidazole rings is 1. The van der Waals surface area contributed by atoms with E-state index in [1.165, 1.54) is 0 Å². The van der Waals surface area contributed by atoms with Crippen LogP contribution in [0.5, 0.6) is 0 Å². The predicted molar refractivity (Wildman–Crippen MR) is 134 cm³/mol. The van der Waals surface area contributed by atoms with Crippen molar-refractivity contribution in [3.8, 4) is 28.3 Å². The summed E-state index contributed by atoms with van der Waals surface area (Å²) in [6.07, 6.45) is 7.62. The number of nitrogens with one attached hydrogen (secondary N) is 2. The molecule has 8 heteroatoms. The highest BCUT2D eigenvalue weighted by atomic mass is 15.1. The molecule has 0 aliphatic carbocycles. The highest BCUT2D eigenvalue weighted by Gasteiger charge is 2.15. The van der Waals surface area contributed by atoms with Crippen LogP contribution in [0.2, 0.25) is 0 Å². The average Bonchev–Trinajstić information content (AvgIpc) is 3.55. The number of hydrogen-bond acceptors (Lipinski definition) is 5. The molecule has 0 saturated carbocycles. The lowest BCUT2D eigenvalue weighted by Crippen LogP contribution is -2.10. The Morgan fingerprint density at radius 3 is 2.76 bits per heavy atom. The lowest BCUT2D eigenvalue weighted by Gasteiger charge is -2.10. The first-order chi connectivity index (χ1) is 16.5. The van der Waals surface area contributed by atoms with Gasteiger partial charge in [-0.2, -0.15) is 5.10 Å². The van der Waals surface area contributed by atoms with Crippen molar-refractivity contribution in [3.05, 3.63) is 78.6 Å². The van der Waals surface area contributed by atoms with Crippen molar-refractivity contribution in [2.75, 3.05) is 14.1 Å². The number of fused-ring (bicyclic) bond motifs is 2. The van der Waals surface area contributed by atoms with E-state index < -0.39 is 0 Å². The highest BCUT2D eigenvalue weighted by Crippen LogP contribution is 2.32. The van der Waals surface area contributed by atoms with E-state index in [1.54, 1.807) is 0 Å². The van der Waals surface area contributed by atoms with Gasteiger partial charge in [0, 0.05) is 41.6 Å². The van der Waals surface area contributed by atoms with Gasteiger partial charge in [0.2, 0.25) is 0 Å². The third-order valence-electron chi connectivity index (χ3n) is 5.88. The summed E-state index contributed by atoms with van der Waals surface area (Å²) >= 11 is 0. The van der Waals surface area contributed by atoms with Gasteiger partial charge in [-0.15, -0.1) is 0 Å². The summed E-state index contributed by atoms with van der Waals surface area (Å²) in [6.45, 7) is 2.82. The Morgan fingerprint density at radius 1 is 1.03 bits per heavy atom. The van der Waals surface area contributed by atoms with Crippen molar-refractivity contribution in [3.63, 3.8) is 0 Å². The molecule has 6 aromatic rings. The second-order valence-corrected chi connectivity index (χ2v) is 8.83. The zero-order valence-corrected chi connectivity index (χ0v) is 19.2. The zero-order valence-electron chi connectivity index (χ0n) is 19.2. The molecule has 0 aliphatic rings. The van der Waals surface area contributed by atoms with Crippen LogP contribution in [0.4, 0.5) is 0 Å². The molecule has 0 atom stereocenters. The van der Waals surface area contributed by atoms with Crippen LogP contribution < -0.4 is 0 Å². The third-order valence-corrected chi connectivity index (χ3v) is 5.88. The Kier molecular flexibility index (Phi) is 4.74. The van der Waals surface area contributed by atoms with Crippen LogP contribution in [0.25, 0.3) is 50.3 Å². The van der Waals surface area contributed by atoms with E-state index in [0.717, 1.165) is 68.1 Å². The topological polar surface area (TPSA) is 91.3 Å². The van der Waals surface area contributed by atoms with Gasteiger partial charge in [0.25, 0.3) is 0 Å². The minimum Gasteiger partial charge on any atom is -0.353 e. The molecule has 8 nitrogen and oxygen atoms in total. The number of hydrogen-bond donors (Lipinski definition) is 2. The lowest BCUT2D eigenvalue weighted by molar-refractivity contribution is 0.402. The molecule has 0 aliphatic heterocycles. The molecule has 1 aromatic carbocycles. The maximum Gasteiger partial charge on any atom is 0.135 e. The summed E-state index contributed by atoms with van der Waals surface area (Å²) in [5.74, 6) is 0. The first-order valence-electron chi connectivity index (χ1n) is 11.1. The Hall–Kier alpha value is -4.30. The fourth-order valence-corrected chi connectivity index (χ4v) is 4.37. The van der Waals surface area contributed by atoms with Gasteiger partial charge in [-0.25, -0.2) is 9.97 Å². The molecule has 34 heavy (non-hydrogen) atoms. The molecule has 2 N–H and O–H groups in total. The minimum absolute atomic E-state index is 0.790. The second kappa shape index (κ2) is 7.93. The Bertz CT molecular complexity index is 1640. The van der Waals surface area contributed by atoms with Crippen molar-refractivity contribution in [2.24, 2.45) is 0 Å². The van der Waals surface area contributed by atoms with E-state index in [2.05, 4.69) is 68.4 Å². The molecule has 0 bridgehead atoms. The van der Waals surface area contributed by atoms with E-state index in [9.17, 15) is 0 Å². The van der Waals surface area contributed by atoms with Crippen LogP contribution >= 0.6 is 0 Å².